The predicted octanol–water partition coefficient (Wildman–Crippen LogP) is 2.18. The number of likely N-dealkylation sites (tertiary alicyclic amines) is 1. The highest BCUT2D eigenvalue weighted by Gasteiger charge is 2.14. The van der Waals surface area contributed by atoms with Crippen molar-refractivity contribution in [3.8, 4) is 0 Å². The Morgan fingerprint density at radius 2 is 2.04 bits per heavy atom. The molecule has 0 atom stereocenters. The molecule has 138 valence electrons. The molecule has 7 heteroatoms. The van der Waals surface area contributed by atoms with Crippen molar-refractivity contribution in [2.24, 2.45) is 10.9 Å². The second-order valence-corrected chi connectivity index (χ2v) is 6.33. The molecule has 1 aromatic rings. The van der Waals surface area contributed by atoms with Crippen LogP contribution in [0, 0.1) is 5.92 Å². The maximum absolute atomic E-state index is 4.67. The molecule has 24 heavy (non-hydrogen) atoms. The summed E-state index contributed by atoms with van der Waals surface area (Å²) in [4.78, 5) is 7.25. The van der Waals surface area contributed by atoms with Gasteiger partial charge in [-0.25, -0.2) is 0 Å². The normalized spacial score (nSPS) is 16.7. The van der Waals surface area contributed by atoms with Crippen LogP contribution in [-0.2, 0) is 6.54 Å². The van der Waals surface area contributed by atoms with Crippen LogP contribution < -0.4 is 10.6 Å². The Kier molecular flexibility index (Phi) is 11.1. The molecule has 0 unspecified atom stereocenters. The lowest BCUT2D eigenvalue weighted by atomic mass is 9.99. The minimum Gasteiger partial charge on any atom is -0.357 e. The number of aliphatic imine (C=N–C) groups is 1. The van der Waals surface area contributed by atoms with E-state index in [1.807, 2.05) is 16.9 Å². The Bertz CT molecular complexity index is 440. The number of rotatable bonds is 8. The van der Waals surface area contributed by atoms with Gasteiger partial charge in [-0.2, -0.15) is 5.10 Å². The van der Waals surface area contributed by atoms with Crippen LogP contribution in [0.1, 0.15) is 33.1 Å². The van der Waals surface area contributed by atoms with Gasteiger partial charge in [0, 0.05) is 32.0 Å². The molecule has 0 bridgehead atoms. The molecule has 0 aliphatic carbocycles. The highest BCUT2D eigenvalue weighted by molar-refractivity contribution is 14.0. The minimum absolute atomic E-state index is 0. The SMILES string of the molecule is CCNC(=NCCCN1CCC(C)CC1)NCCn1cccn1.I. The van der Waals surface area contributed by atoms with Gasteiger partial charge in [0.15, 0.2) is 5.96 Å². The van der Waals surface area contributed by atoms with Crippen molar-refractivity contribution >= 4 is 29.9 Å². The predicted molar refractivity (Wildman–Crippen MR) is 111 cm³/mol. The zero-order chi connectivity index (χ0) is 16.3. The van der Waals surface area contributed by atoms with Crippen molar-refractivity contribution in [1.82, 2.24) is 25.3 Å². The van der Waals surface area contributed by atoms with Crippen molar-refractivity contribution in [1.29, 1.82) is 0 Å². The van der Waals surface area contributed by atoms with Crippen molar-refractivity contribution in [3.63, 3.8) is 0 Å². The average molecular weight is 448 g/mol. The lowest BCUT2D eigenvalue weighted by Gasteiger charge is -2.29. The molecule has 1 aliphatic heterocycles. The molecule has 2 heterocycles. The largest absolute Gasteiger partial charge is 0.357 e. The molecule has 0 saturated carbocycles. The quantitative estimate of drug-likeness (QED) is 0.277. The number of nitrogens with one attached hydrogen (secondary N) is 2. The summed E-state index contributed by atoms with van der Waals surface area (Å²) in [5, 5.41) is 10.9. The average Bonchev–Trinajstić information content (AvgIpc) is 3.06. The molecule has 0 radical (unpaired) electrons. The van der Waals surface area contributed by atoms with Crippen LogP contribution in [0.4, 0.5) is 0 Å². The fourth-order valence-corrected chi connectivity index (χ4v) is 2.83. The Balaban J connectivity index is 0.00000288. The summed E-state index contributed by atoms with van der Waals surface area (Å²) < 4.78 is 1.92. The summed E-state index contributed by atoms with van der Waals surface area (Å²) in [5.74, 6) is 1.82. The van der Waals surface area contributed by atoms with Crippen LogP contribution in [-0.4, -0.2) is 59.9 Å². The van der Waals surface area contributed by atoms with E-state index in [4.69, 9.17) is 0 Å². The molecule has 1 fully saturated rings. The molecule has 6 nitrogen and oxygen atoms in total. The first-order chi connectivity index (χ1) is 11.3. The maximum Gasteiger partial charge on any atom is 0.191 e. The van der Waals surface area contributed by atoms with Crippen LogP contribution in [0.15, 0.2) is 23.5 Å². The lowest BCUT2D eigenvalue weighted by molar-refractivity contribution is 0.192. The molecular formula is C17H33IN6. The van der Waals surface area contributed by atoms with E-state index in [1.165, 1.54) is 32.5 Å². The van der Waals surface area contributed by atoms with Gasteiger partial charge in [0.25, 0.3) is 0 Å². The van der Waals surface area contributed by atoms with Crippen LogP contribution in [0.3, 0.4) is 0 Å². The van der Waals surface area contributed by atoms with E-state index >= 15 is 0 Å². The van der Waals surface area contributed by atoms with Crippen LogP contribution >= 0.6 is 24.0 Å². The monoisotopic (exact) mass is 448 g/mol. The van der Waals surface area contributed by atoms with Gasteiger partial charge in [-0.1, -0.05) is 6.92 Å². The number of hydrogen-bond acceptors (Lipinski definition) is 3. The van der Waals surface area contributed by atoms with E-state index < -0.39 is 0 Å². The van der Waals surface area contributed by atoms with Crippen LogP contribution in [0.2, 0.25) is 0 Å². The number of aromatic nitrogens is 2. The molecule has 1 saturated heterocycles. The summed E-state index contributed by atoms with van der Waals surface area (Å²) in [5.41, 5.74) is 0. The molecule has 0 aromatic carbocycles. The molecule has 0 amide bonds. The van der Waals surface area contributed by atoms with Crippen LogP contribution in [0.25, 0.3) is 0 Å². The first kappa shape index (κ1) is 21.2. The van der Waals surface area contributed by atoms with Gasteiger partial charge < -0.3 is 15.5 Å². The summed E-state index contributed by atoms with van der Waals surface area (Å²) in [7, 11) is 0. The molecular weight excluding hydrogens is 415 g/mol. The Labute approximate surface area is 163 Å². The van der Waals surface area contributed by atoms with Gasteiger partial charge in [0.05, 0.1) is 6.54 Å². The number of guanidine groups is 1. The fourth-order valence-electron chi connectivity index (χ4n) is 2.83. The first-order valence-electron chi connectivity index (χ1n) is 9.00. The van der Waals surface area contributed by atoms with Gasteiger partial charge in [-0.05, 0) is 57.8 Å². The lowest BCUT2D eigenvalue weighted by Crippen LogP contribution is -2.39. The first-order valence-corrected chi connectivity index (χ1v) is 9.00. The van der Waals surface area contributed by atoms with Gasteiger partial charge in [0.2, 0.25) is 0 Å². The summed E-state index contributed by atoms with van der Waals surface area (Å²) >= 11 is 0. The van der Waals surface area contributed by atoms with Crippen molar-refractivity contribution in [3.05, 3.63) is 18.5 Å². The minimum atomic E-state index is 0. The Morgan fingerprint density at radius 3 is 2.71 bits per heavy atom. The molecule has 1 aliphatic rings. The van der Waals surface area contributed by atoms with Gasteiger partial charge in [0.1, 0.15) is 0 Å². The Morgan fingerprint density at radius 1 is 1.25 bits per heavy atom. The smallest absolute Gasteiger partial charge is 0.191 e. The topological polar surface area (TPSA) is 57.5 Å². The summed E-state index contributed by atoms with van der Waals surface area (Å²) in [6.45, 7) is 11.6. The number of halogens is 1. The van der Waals surface area contributed by atoms with E-state index in [2.05, 4.69) is 39.5 Å². The fraction of sp³-hybridized carbons (Fsp3) is 0.765. The summed E-state index contributed by atoms with van der Waals surface area (Å²) in [6, 6.07) is 1.95. The zero-order valence-electron chi connectivity index (χ0n) is 15.1. The Hall–Kier alpha value is -0.830. The number of hydrogen-bond donors (Lipinski definition) is 2. The highest BCUT2D eigenvalue weighted by Crippen LogP contribution is 2.15. The van der Waals surface area contributed by atoms with Crippen molar-refractivity contribution < 1.29 is 0 Å². The van der Waals surface area contributed by atoms with E-state index in [0.717, 1.165) is 44.5 Å². The van der Waals surface area contributed by atoms with Gasteiger partial charge in [-0.3, -0.25) is 9.67 Å². The second-order valence-electron chi connectivity index (χ2n) is 6.33. The van der Waals surface area contributed by atoms with E-state index in [1.54, 1.807) is 6.20 Å². The molecule has 1 aromatic heterocycles. The van der Waals surface area contributed by atoms with E-state index in [9.17, 15) is 0 Å². The van der Waals surface area contributed by atoms with E-state index in [-0.39, 0.29) is 24.0 Å². The van der Waals surface area contributed by atoms with Crippen LogP contribution in [0.5, 0.6) is 0 Å². The van der Waals surface area contributed by atoms with E-state index in [0.29, 0.717) is 0 Å². The standard InChI is InChI=1S/C17H32N6.HI/c1-3-18-17(20-10-15-23-12-5-9-21-23)19-8-4-11-22-13-6-16(2)7-14-22;/h5,9,12,16H,3-4,6-8,10-11,13-15H2,1-2H3,(H2,18,19,20);1H. The molecule has 2 N–H and O–H groups in total. The van der Waals surface area contributed by atoms with Gasteiger partial charge >= 0.3 is 0 Å². The highest BCUT2D eigenvalue weighted by atomic mass is 127. The van der Waals surface area contributed by atoms with Crippen molar-refractivity contribution in [2.45, 2.75) is 39.7 Å². The zero-order valence-corrected chi connectivity index (χ0v) is 17.4. The van der Waals surface area contributed by atoms with Gasteiger partial charge in [-0.15, -0.1) is 24.0 Å². The van der Waals surface area contributed by atoms with Crippen molar-refractivity contribution in [2.75, 3.05) is 39.3 Å². The third-order valence-corrected chi connectivity index (χ3v) is 4.32. The maximum atomic E-state index is 4.67. The summed E-state index contributed by atoms with van der Waals surface area (Å²) in [6.07, 6.45) is 7.61. The second kappa shape index (κ2) is 12.5. The number of nitrogens with zero attached hydrogens (tertiary/aromatic N) is 4. The third-order valence-electron chi connectivity index (χ3n) is 4.32. The molecule has 0 spiro atoms. The third kappa shape index (κ3) is 8.32. The molecule has 2 rings (SSSR count). The number of piperidine rings is 1.